The average molecular weight is 461 g/mol. The lowest BCUT2D eigenvalue weighted by atomic mass is 9.75. The van der Waals surface area contributed by atoms with Crippen LogP contribution in [0.5, 0.6) is 5.75 Å². The Morgan fingerprint density at radius 3 is 1.91 bits per heavy atom. The molecule has 188 valence electrons. The highest BCUT2D eigenvalue weighted by atomic mass is 16.5. The Morgan fingerprint density at radius 1 is 0.818 bits per heavy atom. The molecule has 0 aliphatic heterocycles. The van der Waals surface area contributed by atoms with Crippen molar-refractivity contribution in [3.63, 3.8) is 0 Å². The lowest BCUT2D eigenvalue weighted by molar-refractivity contribution is -0.152. The predicted molar refractivity (Wildman–Crippen MR) is 136 cm³/mol. The highest BCUT2D eigenvalue weighted by molar-refractivity contribution is 5.72. The quantitative estimate of drug-likeness (QED) is 0.191. The Bertz CT molecular complexity index is 632. The summed E-state index contributed by atoms with van der Waals surface area (Å²) in [5.41, 5.74) is 0.0711. The maximum atomic E-state index is 12.4. The van der Waals surface area contributed by atoms with Crippen LogP contribution in [0.1, 0.15) is 122 Å². The number of ether oxygens (including phenoxy) is 2. The van der Waals surface area contributed by atoms with Crippen molar-refractivity contribution in [2.24, 2.45) is 5.92 Å². The van der Waals surface area contributed by atoms with Crippen LogP contribution in [-0.2, 0) is 15.1 Å². The number of carbonyl (C=O) groups is 1. The molecule has 1 aliphatic rings. The molecule has 0 unspecified atom stereocenters. The number of hydrogen-bond donors (Lipinski definition) is 1. The molecule has 2 rings (SSSR count). The van der Waals surface area contributed by atoms with Gasteiger partial charge in [0.05, 0.1) is 24.7 Å². The van der Waals surface area contributed by atoms with Crippen LogP contribution >= 0.6 is 0 Å². The summed E-state index contributed by atoms with van der Waals surface area (Å²) in [7, 11) is 0. The van der Waals surface area contributed by atoms with Gasteiger partial charge in [-0.25, -0.2) is 0 Å². The molecule has 0 saturated heterocycles. The molecule has 0 amide bonds. The smallest absolute Gasteiger partial charge is 0.308 e. The summed E-state index contributed by atoms with van der Waals surface area (Å²) in [6.45, 7) is 5.74. The monoisotopic (exact) mass is 460 g/mol. The fraction of sp³-hybridized carbons (Fsp3) is 0.759. The molecular weight excluding hydrogens is 412 g/mol. The number of carbonyl (C=O) groups excluding carboxylic acids is 1. The van der Waals surface area contributed by atoms with E-state index in [9.17, 15) is 9.90 Å². The zero-order valence-electron chi connectivity index (χ0n) is 21.3. The number of unbranched alkanes of at least 4 members (excludes halogenated alkanes) is 10. The van der Waals surface area contributed by atoms with Crippen LogP contribution in [0.15, 0.2) is 24.3 Å². The molecular formula is C29H48O4. The first-order valence-corrected chi connectivity index (χ1v) is 13.7. The van der Waals surface area contributed by atoms with E-state index in [0.29, 0.717) is 32.3 Å². The molecule has 1 aromatic carbocycles. The van der Waals surface area contributed by atoms with Crippen molar-refractivity contribution in [2.45, 2.75) is 122 Å². The highest BCUT2D eigenvalue weighted by Crippen LogP contribution is 2.40. The minimum absolute atomic E-state index is 0.0784. The molecule has 0 radical (unpaired) electrons. The van der Waals surface area contributed by atoms with Gasteiger partial charge in [0.25, 0.3) is 0 Å². The Labute approximate surface area is 202 Å². The standard InChI is InChI=1S/C29H48O4/c1-3-5-7-9-11-13-23-32-27-17-15-26(16-18-27)29(31)21-19-25(20-22-29)28(30)33-24-14-12-10-8-6-4-2/h15-18,25,31H,3-14,19-24H2,1-2H3. The van der Waals surface area contributed by atoms with Gasteiger partial charge in [-0.05, 0) is 56.2 Å². The van der Waals surface area contributed by atoms with E-state index in [4.69, 9.17) is 9.47 Å². The predicted octanol–water partition coefficient (Wildman–Crippen LogP) is 7.71. The van der Waals surface area contributed by atoms with Crippen LogP contribution in [0.3, 0.4) is 0 Å². The van der Waals surface area contributed by atoms with Crippen molar-refractivity contribution in [3.8, 4) is 5.75 Å². The van der Waals surface area contributed by atoms with Gasteiger partial charge in [0, 0.05) is 0 Å². The maximum absolute atomic E-state index is 12.4. The van der Waals surface area contributed by atoms with E-state index in [1.54, 1.807) is 0 Å². The topological polar surface area (TPSA) is 55.8 Å². The van der Waals surface area contributed by atoms with Gasteiger partial charge < -0.3 is 14.6 Å². The Hall–Kier alpha value is -1.55. The van der Waals surface area contributed by atoms with Crippen LogP contribution in [0.25, 0.3) is 0 Å². The zero-order chi connectivity index (χ0) is 23.8. The molecule has 0 bridgehead atoms. The Kier molecular flexibility index (Phi) is 13.5. The molecule has 1 N–H and O–H groups in total. The van der Waals surface area contributed by atoms with Gasteiger partial charge in [-0.15, -0.1) is 0 Å². The lowest BCUT2D eigenvalue weighted by Gasteiger charge is -2.35. The van der Waals surface area contributed by atoms with Gasteiger partial charge in [0.15, 0.2) is 0 Å². The van der Waals surface area contributed by atoms with E-state index >= 15 is 0 Å². The van der Waals surface area contributed by atoms with Crippen LogP contribution in [0, 0.1) is 5.92 Å². The van der Waals surface area contributed by atoms with Crippen LogP contribution < -0.4 is 4.74 Å². The summed E-state index contributed by atoms with van der Waals surface area (Å²) >= 11 is 0. The molecule has 0 heterocycles. The SMILES string of the molecule is CCCCCCCCOC(=O)C1CCC(O)(c2ccc(OCCCCCCCC)cc2)CC1. The fourth-order valence-electron chi connectivity index (χ4n) is 4.73. The summed E-state index contributed by atoms with van der Waals surface area (Å²) in [5, 5.41) is 11.2. The van der Waals surface area contributed by atoms with E-state index in [-0.39, 0.29) is 11.9 Å². The molecule has 33 heavy (non-hydrogen) atoms. The zero-order valence-corrected chi connectivity index (χ0v) is 21.3. The summed E-state index contributed by atoms with van der Waals surface area (Å²) in [6.07, 6.45) is 17.2. The molecule has 1 fully saturated rings. The van der Waals surface area contributed by atoms with Crippen molar-refractivity contribution in [1.82, 2.24) is 0 Å². The molecule has 0 spiro atoms. The Balaban J connectivity index is 1.65. The van der Waals surface area contributed by atoms with E-state index < -0.39 is 5.60 Å². The normalized spacial score (nSPS) is 20.5. The second kappa shape index (κ2) is 16.1. The molecule has 4 heteroatoms. The highest BCUT2D eigenvalue weighted by Gasteiger charge is 2.37. The van der Waals surface area contributed by atoms with E-state index in [1.165, 1.54) is 57.8 Å². The molecule has 4 nitrogen and oxygen atoms in total. The summed E-state index contributed by atoms with van der Waals surface area (Å²) in [5.74, 6) is 0.706. The van der Waals surface area contributed by atoms with Crippen molar-refractivity contribution >= 4 is 5.97 Å². The van der Waals surface area contributed by atoms with Crippen LogP contribution in [-0.4, -0.2) is 24.3 Å². The molecule has 1 aromatic rings. The van der Waals surface area contributed by atoms with Crippen molar-refractivity contribution in [2.75, 3.05) is 13.2 Å². The number of esters is 1. The first-order chi connectivity index (χ1) is 16.1. The van der Waals surface area contributed by atoms with Gasteiger partial charge in [0.2, 0.25) is 0 Å². The number of aliphatic hydroxyl groups is 1. The molecule has 1 saturated carbocycles. The number of benzene rings is 1. The van der Waals surface area contributed by atoms with E-state index in [0.717, 1.165) is 37.2 Å². The number of hydrogen-bond acceptors (Lipinski definition) is 4. The van der Waals surface area contributed by atoms with Gasteiger partial charge in [0.1, 0.15) is 5.75 Å². The number of rotatable bonds is 17. The Morgan fingerprint density at radius 2 is 1.33 bits per heavy atom. The summed E-state index contributed by atoms with van der Waals surface area (Å²) in [4.78, 5) is 12.4. The summed E-state index contributed by atoms with van der Waals surface area (Å²) in [6, 6.07) is 7.89. The van der Waals surface area contributed by atoms with Crippen molar-refractivity contribution < 1.29 is 19.4 Å². The minimum atomic E-state index is -0.853. The van der Waals surface area contributed by atoms with E-state index in [2.05, 4.69) is 13.8 Å². The third-order valence-electron chi connectivity index (χ3n) is 7.05. The van der Waals surface area contributed by atoms with Crippen LogP contribution in [0.4, 0.5) is 0 Å². The van der Waals surface area contributed by atoms with Gasteiger partial charge in [-0.2, -0.15) is 0 Å². The van der Waals surface area contributed by atoms with E-state index in [1.807, 2.05) is 24.3 Å². The van der Waals surface area contributed by atoms with Gasteiger partial charge in [-0.3, -0.25) is 4.79 Å². The third-order valence-corrected chi connectivity index (χ3v) is 7.05. The lowest BCUT2D eigenvalue weighted by Crippen LogP contribution is -2.34. The van der Waals surface area contributed by atoms with Gasteiger partial charge >= 0.3 is 5.97 Å². The third kappa shape index (κ3) is 10.5. The first kappa shape index (κ1) is 27.7. The summed E-state index contributed by atoms with van der Waals surface area (Å²) < 4.78 is 11.4. The minimum Gasteiger partial charge on any atom is -0.494 e. The maximum Gasteiger partial charge on any atom is 0.308 e. The van der Waals surface area contributed by atoms with Gasteiger partial charge in [-0.1, -0.05) is 90.2 Å². The van der Waals surface area contributed by atoms with Crippen molar-refractivity contribution in [1.29, 1.82) is 0 Å². The largest absolute Gasteiger partial charge is 0.494 e. The molecule has 0 atom stereocenters. The average Bonchev–Trinajstić information content (AvgIpc) is 2.83. The molecule has 0 aromatic heterocycles. The van der Waals surface area contributed by atoms with Crippen LogP contribution in [0.2, 0.25) is 0 Å². The first-order valence-electron chi connectivity index (χ1n) is 13.7. The molecule has 1 aliphatic carbocycles. The second-order valence-corrected chi connectivity index (χ2v) is 9.88. The second-order valence-electron chi connectivity index (χ2n) is 9.88. The fourth-order valence-corrected chi connectivity index (χ4v) is 4.73. The van der Waals surface area contributed by atoms with Crippen molar-refractivity contribution in [3.05, 3.63) is 29.8 Å².